The summed E-state index contributed by atoms with van der Waals surface area (Å²) in [5.41, 5.74) is 2.21. The highest BCUT2D eigenvalue weighted by Gasteiger charge is 2.36. The van der Waals surface area contributed by atoms with Crippen molar-refractivity contribution < 1.29 is 41.5 Å². The molecule has 1 aromatic rings. The van der Waals surface area contributed by atoms with Crippen molar-refractivity contribution in [1.82, 2.24) is 0 Å². The van der Waals surface area contributed by atoms with Gasteiger partial charge >= 0.3 is 18.4 Å². The molecule has 0 fully saturated rings. The molecule has 0 radical (unpaired) electrons. The average molecular weight is 374 g/mol. The Balaban J connectivity index is 2.23. The predicted octanol–water partition coefficient (Wildman–Crippen LogP) is 1.53. The molecule has 0 amide bonds. The summed E-state index contributed by atoms with van der Waals surface area (Å²) in [5.74, 6) is -0.627. The van der Waals surface area contributed by atoms with E-state index in [9.17, 15) is 18.0 Å². The van der Waals surface area contributed by atoms with Gasteiger partial charge in [-0.3, -0.25) is 4.18 Å². The van der Waals surface area contributed by atoms with Gasteiger partial charge in [-0.25, -0.2) is 9.59 Å². The molecular weight excluding hydrogens is 356 g/mol. The van der Waals surface area contributed by atoms with Crippen LogP contribution >= 0.6 is 0 Å². The quantitative estimate of drug-likeness (QED) is 0.464. The minimum absolute atomic E-state index is 0.277. The van der Waals surface area contributed by atoms with Crippen molar-refractivity contribution in [1.29, 1.82) is 0 Å². The second-order valence-electron chi connectivity index (χ2n) is 5.69. The van der Waals surface area contributed by atoms with E-state index in [0.29, 0.717) is 12.0 Å². The lowest BCUT2D eigenvalue weighted by molar-refractivity contribution is -0.156. The molecule has 0 saturated heterocycles. The second-order valence-corrected chi connectivity index (χ2v) is 7.29. The summed E-state index contributed by atoms with van der Waals surface area (Å²) in [6.45, 7) is 5.14. The van der Waals surface area contributed by atoms with Crippen LogP contribution in [0.4, 0.5) is 4.79 Å². The van der Waals surface area contributed by atoms with Crippen molar-refractivity contribution in [2.75, 3.05) is 6.26 Å². The standard InChI is InChI=1S/C15H18O9S/c1-7-5-11-12(22-14(21-11)13(16)23-15(17)18)9(3)10(7)6-8(2)24-25(4,19)20/h5,8,14H,6H2,1-4H3,(H,17,18)/t8?,14-/m1/s1. The van der Waals surface area contributed by atoms with Crippen LogP contribution in [0.2, 0.25) is 0 Å². The Morgan fingerprint density at radius 2 is 1.96 bits per heavy atom. The molecule has 1 unspecified atom stereocenters. The zero-order valence-electron chi connectivity index (χ0n) is 14.1. The molecule has 2 rings (SSSR count). The third-order valence-electron chi connectivity index (χ3n) is 3.51. The number of carbonyl (C=O) groups excluding carboxylic acids is 1. The highest BCUT2D eigenvalue weighted by atomic mass is 32.2. The van der Waals surface area contributed by atoms with Crippen molar-refractivity contribution in [2.45, 2.75) is 39.6 Å². The lowest BCUT2D eigenvalue weighted by atomic mass is 9.96. The van der Waals surface area contributed by atoms with Gasteiger partial charge in [0, 0.05) is 6.42 Å². The molecule has 1 aliphatic rings. The van der Waals surface area contributed by atoms with Gasteiger partial charge in [-0.05, 0) is 43.5 Å². The molecule has 0 saturated carbocycles. The Bertz CT molecular complexity index is 813. The van der Waals surface area contributed by atoms with Crippen molar-refractivity contribution in [3.05, 3.63) is 22.8 Å². The third kappa shape index (κ3) is 4.60. The number of hydrogen-bond acceptors (Lipinski definition) is 8. The zero-order chi connectivity index (χ0) is 18.9. The van der Waals surface area contributed by atoms with E-state index in [1.165, 1.54) is 0 Å². The third-order valence-corrected chi connectivity index (χ3v) is 4.19. The molecule has 0 bridgehead atoms. The van der Waals surface area contributed by atoms with Crippen molar-refractivity contribution in [2.24, 2.45) is 0 Å². The molecular formula is C15H18O9S. The van der Waals surface area contributed by atoms with Crippen LogP contribution in [0.25, 0.3) is 0 Å². The molecule has 2 atom stereocenters. The summed E-state index contributed by atoms with van der Waals surface area (Å²) in [5, 5.41) is 8.48. The highest BCUT2D eigenvalue weighted by molar-refractivity contribution is 7.86. The first kappa shape index (κ1) is 19.0. The van der Waals surface area contributed by atoms with Gasteiger partial charge < -0.3 is 19.3 Å². The Morgan fingerprint density at radius 3 is 2.52 bits per heavy atom. The van der Waals surface area contributed by atoms with Crippen LogP contribution in [0.3, 0.4) is 0 Å². The Hall–Kier alpha value is -2.33. The molecule has 0 aliphatic carbocycles. The van der Waals surface area contributed by atoms with E-state index in [1.807, 2.05) is 0 Å². The number of esters is 1. The van der Waals surface area contributed by atoms with Gasteiger partial charge in [-0.2, -0.15) is 8.42 Å². The fraction of sp³-hybridized carbons (Fsp3) is 0.467. The SMILES string of the molecule is Cc1cc2c(c(C)c1CC(C)OS(C)(=O)=O)O[C@H](C(=O)OC(=O)O)O2. The lowest BCUT2D eigenvalue weighted by Crippen LogP contribution is -2.32. The van der Waals surface area contributed by atoms with Crippen molar-refractivity contribution in [3.8, 4) is 11.5 Å². The van der Waals surface area contributed by atoms with Gasteiger partial charge in [0.25, 0.3) is 10.1 Å². The van der Waals surface area contributed by atoms with Gasteiger partial charge in [0.05, 0.1) is 12.4 Å². The zero-order valence-corrected chi connectivity index (χ0v) is 14.9. The molecule has 9 nitrogen and oxygen atoms in total. The van der Waals surface area contributed by atoms with E-state index < -0.39 is 34.6 Å². The molecule has 10 heteroatoms. The number of rotatable bonds is 5. The maximum atomic E-state index is 11.6. The molecule has 138 valence electrons. The maximum Gasteiger partial charge on any atom is 0.513 e. The molecule has 0 spiro atoms. The van der Waals surface area contributed by atoms with E-state index in [1.54, 1.807) is 26.8 Å². The largest absolute Gasteiger partial charge is 0.513 e. The fourth-order valence-corrected chi connectivity index (χ4v) is 3.28. The number of carbonyl (C=O) groups is 2. The van der Waals surface area contributed by atoms with Crippen LogP contribution in [0.1, 0.15) is 23.6 Å². The van der Waals surface area contributed by atoms with Gasteiger partial charge in [-0.1, -0.05) is 0 Å². The van der Waals surface area contributed by atoms with Crippen LogP contribution in [-0.4, -0.2) is 44.3 Å². The van der Waals surface area contributed by atoms with Crippen molar-refractivity contribution >= 4 is 22.2 Å². The smallest absolute Gasteiger partial charge is 0.449 e. The minimum atomic E-state index is -3.58. The number of aryl methyl sites for hydroxylation is 1. The molecule has 1 N–H and O–H groups in total. The molecule has 25 heavy (non-hydrogen) atoms. The summed E-state index contributed by atoms with van der Waals surface area (Å²) in [6, 6.07) is 1.62. The van der Waals surface area contributed by atoms with Gasteiger partial charge in [0.1, 0.15) is 0 Å². The Morgan fingerprint density at radius 1 is 1.32 bits per heavy atom. The summed E-state index contributed by atoms with van der Waals surface area (Å²) in [4.78, 5) is 22.0. The van der Waals surface area contributed by atoms with Crippen LogP contribution in [0.5, 0.6) is 11.5 Å². The molecule has 1 aliphatic heterocycles. The minimum Gasteiger partial charge on any atom is -0.449 e. The monoisotopic (exact) mass is 374 g/mol. The first-order valence-corrected chi connectivity index (χ1v) is 9.09. The summed E-state index contributed by atoms with van der Waals surface area (Å²) < 4.78 is 42.1. The van der Waals surface area contributed by atoms with E-state index >= 15 is 0 Å². The number of carboxylic acid groups (broad SMARTS) is 1. The topological polar surface area (TPSA) is 125 Å². The highest BCUT2D eigenvalue weighted by Crippen LogP contribution is 2.41. The molecule has 1 aromatic carbocycles. The van der Waals surface area contributed by atoms with Gasteiger partial charge in [0.2, 0.25) is 0 Å². The van der Waals surface area contributed by atoms with Crippen molar-refractivity contribution in [3.63, 3.8) is 0 Å². The number of hydrogen-bond donors (Lipinski definition) is 1. The van der Waals surface area contributed by atoms with Crippen LogP contribution in [-0.2, 0) is 30.3 Å². The van der Waals surface area contributed by atoms with Crippen LogP contribution < -0.4 is 9.47 Å². The van der Waals surface area contributed by atoms with E-state index in [4.69, 9.17) is 18.8 Å². The van der Waals surface area contributed by atoms with Crippen LogP contribution in [0.15, 0.2) is 6.07 Å². The second kappa shape index (κ2) is 6.89. The van der Waals surface area contributed by atoms with E-state index in [0.717, 1.165) is 17.4 Å². The summed E-state index contributed by atoms with van der Waals surface area (Å²) in [6.07, 6.45) is -2.59. The number of ether oxygens (including phenoxy) is 3. The van der Waals surface area contributed by atoms with E-state index in [2.05, 4.69) is 4.74 Å². The summed E-state index contributed by atoms with van der Waals surface area (Å²) in [7, 11) is -3.58. The maximum absolute atomic E-state index is 11.6. The summed E-state index contributed by atoms with van der Waals surface area (Å²) >= 11 is 0. The fourth-order valence-electron chi connectivity index (χ4n) is 2.61. The Labute approximate surface area is 144 Å². The molecule has 0 aromatic heterocycles. The molecule has 1 heterocycles. The average Bonchev–Trinajstić information content (AvgIpc) is 2.85. The van der Waals surface area contributed by atoms with Gasteiger partial charge in [0.15, 0.2) is 11.5 Å². The number of benzene rings is 1. The number of fused-ring (bicyclic) bond motifs is 1. The normalized spacial score (nSPS) is 17.2. The predicted molar refractivity (Wildman–Crippen MR) is 84.2 cm³/mol. The lowest BCUT2D eigenvalue weighted by Gasteiger charge is -2.16. The van der Waals surface area contributed by atoms with Crippen LogP contribution in [0, 0.1) is 13.8 Å². The van der Waals surface area contributed by atoms with Gasteiger partial charge in [-0.15, -0.1) is 0 Å². The first-order chi connectivity index (χ1) is 11.5. The van der Waals surface area contributed by atoms with E-state index in [-0.39, 0.29) is 11.5 Å². The Kier molecular flexibility index (Phi) is 5.23. The first-order valence-electron chi connectivity index (χ1n) is 7.27.